The Hall–Kier alpha value is -2.32. The molecule has 114 valence electrons. The highest BCUT2D eigenvalue weighted by Crippen LogP contribution is 2.21. The minimum Gasteiger partial charge on any atom is -0.480 e. The van der Waals surface area contributed by atoms with Crippen LogP contribution in [-0.2, 0) is 14.4 Å². The molecule has 0 aliphatic carbocycles. The van der Waals surface area contributed by atoms with Gasteiger partial charge in [-0.1, -0.05) is 6.92 Å². The molecule has 0 saturated carbocycles. The van der Waals surface area contributed by atoms with Crippen LogP contribution in [0.25, 0.3) is 0 Å². The van der Waals surface area contributed by atoms with Crippen LogP contribution in [-0.4, -0.2) is 48.6 Å². The predicted molar refractivity (Wildman–Crippen MR) is 69.6 cm³/mol. The quantitative estimate of drug-likeness (QED) is 0.269. The Kier molecular flexibility index (Phi) is 7.05. The third-order valence-corrected chi connectivity index (χ3v) is 2.84. The number of rotatable bonds is 8. The summed E-state index contributed by atoms with van der Waals surface area (Å²) in [4.78, 5) is 44.4. The van der Waals surface area contributed by atoms with Gasteiger partial charge in [0.05, 0.1) is 6.54 Å². The molecule has 1 unspecified atom stereocenters. The average Bonchev–Trinajstić information content (AvgIpc) is 2.39. The SMILES string of the molecule is CCC(C)(C(=O)O)C(=O)NCC(=O)NCCNC(N)=O. The number of carbonyl (C=O) groups is 4. The van der Waals surface area contributed by atoms with Crippen LogP contribution < -0.4 is 21.7 Å². The second kappa shape index (κ2) is 7.97. The monoisotopic (exact) mass is 288 g/mol. The molecular formula is C11H20N4O5. The molecule has 0 heterocycles. The highest BCUT2D eigenvalue weighted by atomic mass is 16.4. The Morgan fingerprint density at radius 2 is 1.65 bits per heavy atom. The van der Waals surface area contributed by atoms with E-state index < -0.39 is 29.2 Å². The number of urea groups is 1. The van der Waals surface area contributed by atoms with Crippen LogP contribution in [0.1, 0.15) is 20.3 Å². The van der Waals surface area contributed by atoms with E-state index in [1.54, 1.807) is 6.92 Å². The predicted octanol–water partition coefficient (Wildman–Crippen LogP) is -1.61. The number of carboxylic acids is 1. The summed E-state index contributed by atoms with van der Waals surface area (Å²) < 4.78 is 0. The second-order valence-electron chi connectivity index (χ2n) is 4.31. The molecule has 0 fully saturated rings. The fourth-order valence-corrected chi connectivity index (χ4v) is 1.21. The van der Waals surface area contributed by atoms with Crippen LogP contribution in [0.5, 0.6) is 0 Å². The molecule has 20 heavy (non-hydrogen) atoms. The molecule has 9 heteroatoms. The normalized spacial score (nSPS) is 12.9. The molecule has 6 N–H and O–H groups in total. The van der Waals surface area contributed by atoms with Gasteiger partial charge in [0.25, 0.3) is 0 Å². The number of aliphatic carboxylic acids is 1. The van der Waals surface area contributed by atoms with Crippen LogP contribution in [0, 0.1) is 5.41 Å². The number of primary amides is 1. The lowest BCUT2D eigenvalue weighted by molar-refractivity contribution is -0.155. The summed E-state index contributed by atoms with van der Waals surface area (Å²) in [5, 5.41) is 15.9. The molecule has 0 radical (unpaired) electrons. The Morgan fingerprint density at radius 3 is 2.10 bits per heavy atom. The molecule has 0 aliphatic heterocycles. The molecule has 0 bridgehead atoms. The summed E-state index contributed by atoms with van der Waals surface area (Å²) in [6.07, 6.45) is 0.109. The number of hydrogen-bond donors (Lipinski definition) is 5. The number of carbonyl (C=O) groups excluding carboxylic acids is 3. The van der Waals surface area contributed by atoms with Gasteiger partial charge in [-0.3, -0.25) is 14.4 Å². The lowest BCUT2D eigenvalue weighted by atomic mass is 9.87. The number of amides is 4. The van der Waals surface area contributed by atoms with E-state index in [-0.39, 0.29) is 26.1 Å². The molecule has 9 nitrogen and oxygen atoms in total. The zero-order valence-electron chi connectivity index (χ0n) is 11.5. The lowest BCUT2D eigenvalue weighted by Crippen LogP contribution is -2.48. The maximum Gasteiger partial charge on any atom is 0.318 e. The van der Waals surface area contributed by atoms with Crippen molar-refractivity contribution < 1.29 is 24.3 Å². The number of nitrogens with one attached hydrogen (secondary N) is 3. The molecule has 0 aromatic heterocycles. The van der Waals surface area contributed by atoms with Gasteiger partial charge in [-0.15, -0.1) is 0 Å². The van der Waals surface area contributed by atoms with Crippen LogP contribution in [0.3, 0.4) is 0 Å². The van der Waals surface area contributed by atoms with E-state index in [2.05, 4.69) is 16.0 Å². The molecule has 0 rings (SSSR count). The van der Waals surface area contributed by atoms with E-state index in [9.17, 15) is 19.2 Å². The van der Waals surface area contributed by atoms with Crippen molar-refractivity contribution in [3.8, 4) is 0 Å². The molecule has 1 atom stereocenters. The first kappa shape index (κ1) is 17.7. The summed E-state index contributed by atoms with van der Waals surface area (Å²) in [6.45, 7) is 2.85. The van der Waals surface area contributed by atoms with E-state index >= 15 is 0 Å². The fraction of sp³-hybridized carbons (Fsp3) is 0.636. The molecule has 0 saturated heterocycles. The third kappa shape index (κ3) is 5.55. The standard InChI is InChI=1S/C11H20N4O5/c1-3-11(2,9(18)19)8(17)15-6-7(16)13-4-5-14-10(12)20/h3-6H2,1-2H3,(H,13,16)(H,15,17)(H,18,19)(H3,12,14,20). The van der Waals surface area contributed by atoms with Gasteiger partial charge in [-0.25, -0.2) is 4.79 Å². The first-order valence-corrected chi connectivity index (χ1v) is 6.05. The van der Waals surface area contributed by atoms with Crippen molar-refractivity contribution in [3.63, 3.8) is 0 Å². The van der Waals surface area contributed by atoms with E-state index in [0.29, 0.717) is 0 Å². The van der Waals surface area contributed by atoms with Crippen molar-refractivity contribution in [1.29, 1.82) is 0 Å². The molecule has 0 aromatic rings. The average molecular weight is 288 g/mol. The number of hydrogen-bond acceptors (Lipinski definition) is 4. The highest BCUT2D eigenvalue weighted by Gasteiger charge is 2.39. The maximum absolute atomic E-state index is 11.7. The zero-order chi connectivity index (χ0) is 15.8. The van der Waals surface area contributed by atoms with Crippen molar-refractivity contribution >= 4 is 23.8 Å². The Labute approximate surface area is 116 Å². The summed E-state index contributed by atoms with van der Waals surface area (Å²) in [5.41, 5.74) is 3.26. The number of nitrogens with two attached hydrogens (primary N) is 1. The van der Waals surface area contributed by atoms with E-state index in [1.807, 2.05) is 0 Å². The van der Waals surface area contributed by atoms with Crippen LogP contribution in [0.15, 0.2) is 0 Å². The van der Waals surface area contributed by atoms with Gasteiger partial charge in [-0.2, -0.15) is 0 Å². The van der Waals surface area contributed by atoms with Gasteiger partial charge in [0, 0.05) is 13.1 Å². The van der Waals surface area contributed by atoms with Crippen molar-refractivity contribution in [3.05, 3.63) is 0 Å². The summed E-state index contributed by atoms with van der Waals surface area (Å²) in [7, 11) is 0. The Morgan fingerprint density at radius 1 is 1.10 bits per heavy atom. The third-order valence-electron chi connectivity index (χ3n) is 2.84. The van der Waals surface area contributed by atoms with E-state index in [1.165, 1.54) is 6.92 Å². The summed E-state index contributed by atoms with van der Waals surface area (Å²) in [6, 6.07) is -0.701. The minimum atomic E-state index is -1.56. The molecular weight excluding hydrogens is 268 g/mol. The molecule has 0 spiro atoms. The van der Waals surface area contributed by atoms with Crippen LogP contribution in [0.4, 0.5) is 4.79 Å². The molecule has 4 amide bonds. The first-order chi connectivity index (χ1) is 9.24. The van der Waals surface area contributed by atoms with Crippen molar-refractivity contribution in [2.75, 3.05) is 19.6 Å². The van der Waals surface area contributed by atoms with Crippen molar-refractivity contribution in [2.45, 2.75) is 20.3 Å². The van der Waals surface area contributed by atoms with Gasteiger partial charge in [0.1, 0.15) is 5.41 Å². The van der Waals surface area contributed by atoms with Crippen molar-refractivity contribution in [1.82, 2.24) is 16.0 Å². The summed E-state index contributed by atoms with van der Waals surface area (Å²) in [5.74, 6) is -2.46. The topological polar surface area (TPSA) is 151 Å². The maximum atomic E-state index is 11.7. The van der Waals surface area contributed by atoms with Gasteiger partial charge in [0.15, 0.2) is 0 Å². The summed E-state index contributed by atoms with van der Waals surface area (Å²) >= 11 is 0. The lowest BCUT2D eigenvalue weighted by Gasteiger charge is -2.21. The minimum absolute atomic E-state index is 0.109. The largest absolute Gasteiger partial charge is 0.480 e. The number of carboxylic acid groups (broad SMARTS) is 1. The Balaban J connectivity index is 4.09. The van der Waals surface area contributed by atoms with Gasteiger partial charge in [0.2, 0.25) is 11.8 Å². The smallest absolute Gasteiger partial charge is 0.318 e. The Bertz CT molecular complexity index is 398. The second-order valence-corrected chi connectivity index (χ2v) is 4.31. The molecule has 0 aliphatic rings. The van der Waals surface area contributed by atoms with Crippen LogP contribution >= 0.6 is 0 Å². The molecule has 0 aromatic carbocycles. The first-order valence-electron chi connectivity index (χ1n) is 6.05. The van der Waals surface area contributed by atoms with E-state index in [4.69, 9.17) is 10.8 Å². The van der Waals surface area contributed by atoms with Gasteiger partial charge >= 0.3 is 12.0 Å². The zero-order valence-corrected chi connectivity index (χ0v) is 11.5. The fourth-order valence-electron chi connectivity index (χ4n) is 1.21. The van der Waals surface area contributed by atoms with Crippen molar-refractivity contribution in [2.24, 2.45) is 11.1 Å². The van der Waals surface area contributed by atoms with Gasteiger partial charge in [-0.05, 0) is 13.3 Å². The highest BCUT2D eigenvalue weighted by molar-refractivity contribution is 6.02. The van der Waals surface area contributed by atoms with Crippen LogP contribution in [0.2, 0.25) is 0 Å². The van der Waals surface area contributed by atoms with Gasteiger partial charge < -0.3 is 26.8 Å². The van der Waals surface area contributed by atoms with E-state index in [0.717, 1.165) is 0 Å².